The molecule has 60 heavy (non-hydrogen) atoms. The van der Waals surface area contributed by atoms with Gasteiger partial charge in [-0.3, -0.25) is 16.3 Å². The third kappa shape index (κ3) is 9.69. The molecule has 3 nitrogen and oxygen atoms in total. The number of nitrogens with zero attached hydrogens (tertiary/aromatic N) is 3. The van der Waals surface area contributed by atoms with E-state index in [0.29, 0.717) is 17.8 Å². The van der Waals surface area contributed by atoms with Crippen molar-refractivity contribution in [2.75, 3.05) is 0 Å². The van der Waals surface area contributed by atoms with Crippen LogP contribution < -0.4 is 5.19 Å². The van der Waals surface area contributed by atoms with Gasteiger partial charge in [-0.15, -0.1) is 47.3 Å². The van der Waals surface area contributed by atoms with Crippen LogP contribution in [0, 0.1) is 17.4 Å². The van der Waals surface area contributed by atoms with Crippen LogP contribution in [0.25, 0.3) is 60.6 Å². The molecule has 0 aliphatic heterocycles. The van der Waals surface area contributed by atoms with E-state index in [1.54, 1.807) is 11.3 Å². The van der Waals surface area contributed by atoms with E-state index >= 15 is 0 Å². The summed E-state index contributed by atoms with van der Waals surface area (Å²) in [5.74, 6) is 1.51. The first-order valence-electron chi connectivity index (χ1n) is 21.6. The van der Waals surface area contributed by atoms with Crippen LogP contribution in [0.15, 0.2) is 121 Å². The standard InChI is InChI=1S/C36H35N2S.C18H24NSi.Ir/c1-22(2)26-16-17-34-30(18-26)31(21-39-34)36-37-32-14-10-11-15-33(32)38(36)35-28(23(3)4)19-27(20-29(35)24(5)6)25-12-8-7-9-13-25;1-14(2)11-16-12-17(15-9-7-6-8-10-15)19-13-18(16)20(3,4)5;/h7-20,22-24H,1-6H3;6-9,12-14H,11H2,1-5H3;/q2*-1;/i22D;;. The molecule has 0 amide bonds. The van der Waals surface area contributed by atoms with Crippen LogP contribution in [-0.4, -0.2) is 22.6 Å². The first kappa shape index (κ1) is 43.6. The molecule has 0 atom stereocenters. The molecule has 8 rings (SSSR count). The zero-order valence-electron chi connectivity index (χ0n) is 38.1. The van der Waals surface area contributed by atoms with E-state index in [1.165, 1.54) is 38.7 Å². The van der Waals surface area contributed by atoms with E-state index in [2.05, 4.69) is 185 Å². The normalized spacial score (nSPS) is 12.2. The molecule has 3 heterocycles. The predicted molar refractivity (Wildman–Crippen MR) is 258 cm³/mol. The molecular formula is C54H59IrN3SSi-2. The maximum Gasteiger partial charge on any atom is 0.0798 e. The molecule has 6 heteroatoms. The van der Waals surface area contributed by atoms with Gasteiger partial charge >= 0.3 is 0 Å². The number of para-hydroxylation sites is 2. The van der Waals surface area contributed by atoms with Crippen molar-refractivity contribution in [1.29, 1.82) is 0 Å². The van der Waals surface area contributed by atoms with E-state index in [4.69, 9.17) is 6.35 Å². The molecule has 3 aromatic heterocycles. The molecular weight excluding hydrogens is 943 g/mol. The van der Waals surface area contributed by atoms with Crippen LogP contribution in [0.3, 0.4) is 0 Å². The van der Waals surface area contributed by atoms with Crippen molar-refractivity contribution in [3.05, 3.63) is 155 Å². The minimum Gasteiger partial charge on any atom is -0.333 e. The number of thiophene rings is 1. The summed E-state index contributed by atoms with van der Waals surface area (Å²) in [6.45, 7) is 24.7. The monoisotopic (exact) mass is 1000 g/mol. The van der Waals surface area contributed by atoms with Crippen LogP contribution in [-0.2, 0) is 26.5 Å². The van der Waals surface area contributed by atoms with Crippen LogP contribution in [0.4, 0.5) is 0 Å². The van der Waals surface area contributed by atoms with E-state index in [9.17, 15) is 0 Å². The van der Waals surface area contributed by atoms with Crippen molar-refractivity contribution in [2.45, 2.75) is 99.2 Å². The maximum absolute atomic E-state index is 8.65. The quantitative estimate of drug-likeness (QED) is 0.101. The molecule has 0 aliphatic carbocycles. The van der Waals surface area contributed by atoms with Crippen molar-refractivity contribution in [1.82, 2.24) is 14.5 Å². The summed E-state index contributed by atoms with van der Waals surface area (Å²) >= 11 is 1.62. The Kier molecular flexibility index (Phi) is 13.9. The molecule has 0 saturated carbocycles. The van der Waals surface area contributed by atoms with E-state index in [-0.39, 0.29) is 20.1 Å². The molecule has 0 spiro atoms. The van der Waals surface area contributed by atoms with Gasteiger partial charge in [-0.05, 0) is 87.5 Å². The number of pyridine rings is 1. The summed E-state index contributed by atoms with van der Waals surface area (Å²) in [7, 11) is -1.34. The van der Waals surface area contributed by atoms with Crippen LogP contribution in [0.2, 0.25) is 19.6 Å². The van der Waals surface area contributed by atoms with Crippen LogP contribution in [0.5, 0.6) is 0 Å². The maximum atomic E-state index is 8.65. The summed E-state index contributed by atoms with van der Waals surface area (Å²) in [6, 6.07) is 43.8. The zero-order chi connectivity index (χ0) is 42.9. The van der Waals surface area contributed by atoms with Crippen LogP contribution >= 0.6 is 11.3 Å². The minimum absolute atomic E-state index is 0. The Balaban J connectivity index is 0.000000250. The second kappa shape index (κ2) is 19.1. The van der Waals surface area contributed by atoms with E-state index in [1.807, 2.05) is 32.0 Å². The topological polar surface area (TPSA) is 30.7 Å². The molecule has 0 bridgehead atoms. The van der Waals surface area contributed by atoms with Gasteiger partial charge in [-0.25, -0.2) is 0 Å². The van der Waals surface area contributed by atoms with Gasteiger partial charge in [0, 0.05) is 33.4 Å². The number of fused-ring (bicyclic) bond motifs is 2. The third-order valence-electron chi connectivity index (χ3n) is 11.0. The van der Waals surface area contributed by atoms with Gasteiger partial charge in [0.1, 0.15) is 0 Å². The number of benzene rings is 5. The van der Waals surface area contributed by atoms with Crippen molar-refractivity contribution in [3.63, 3.8) is 0 Å². The molecule has 0 aliphatic rings. The van der Waals surface area contributed by atoms with Gasteiger partial charge in [-0.2, -0.15) is 0 Å². The van der Waals surface area contributed by atoms with Gasteiger partial charge in [-0.1, -0.05) is 162 Å². The van der Waals surface area contributed by atoms with E-state index < -0.39 is 14.0 Å². The second-order valence-electron chi connectivity index (χ2n) is 18.1. The Morgan fingerprint density at radius 1 is 0.750 bits per heavy atom. The molecule has 0 unspecified atom stereocenters. The predicted octanol–water partition coefficient (Wildman–Crippen LogP) is 15.0. The van der Waals surface area contributed by atoms with E-state index in [0.717, 1.165) is 55.7 Å². The number of hydrogen-bond acceptors (Lipinski definition) is 3. The smallest absolute Gasteiger partial charge is 0.0798 e. The Morgan fingerprint density at radius 3 is 2.03 bits per heavy atom. The summed E-state index contributed by atoms with van der Waals surface area (Å²) in [6.07, 6.45) is 3.24. The molecule has 0 saturated heterocycles. The average molecular weight is 1000 g/mol. The molecule has 311 valence electrons. The largest absolute Gasteiger partial charge is 0.333 e. The SMILES string of the molecule is CC(C)Cc1cc(-c2[c-]cccc2)ncc1[Si](C)(C)C.[2H]C(C)(C)c1ccc2s[c-]c(-c3nc4ccccc4n3-c3c(C(C)C)cc(-c4ccccc4)cc3C(C)C)c2c1.[Ir]. The molecule has 0 N–H and O–H groups in total. The Labute approximate surface area is 379 Å². The van der Waals surface area contributed by atoms with Crippen LogP contribution in [0.1, 0.15) is 96.7 Å². The molecule has 1 radical (unpaired) electrons. The molecule has 8 aromatic rings. The Bertz CT molecular complexity index is 2710. The number of imidazole rings is 1. The third-order valence-corrected chi connectivity index (χ3v) is 14.0. The molecule has 5 aromatic carbocycles. The fourth-order valence-corrected chi connectivity index (χ4v) is 10.4. The van der Waals surface area contributed by atoms with Gasteiger partial charge in [0.05, 0.1) is 24.9 Å². The van der Waals surface area contributed by atoms with Gasteiger partial charge in [0.2, 0.25) is 0 Å². The number of rotatable bonds is 10. The minimum atomic E-state index is -1.34. The fourth-order valence-electron chi connectivity index (χ4n) is 7.97. The summed E-state index contributed by atoms with van der Waals surface area (Å²) < 4.78 is 12.2. The van der Waals surface area contributed by atoms with Crippen molar-refractivity contribution < 1.29 is 21.5 Å². The Morgan fingerprint density at radius 2 is 1.42 bits per heavy atom. The fraction of sp³-hybridized carbons (Fsp3) is 0.296. The average Bonchev–Trinajstić information content (AvgIpc) is 3.81. The van der Waals surface area contributed by atoms with Gasteiger partial charge in [0.25, 0.3) is 0 Å². The zero-order valence-corrected chi connectivity index (χ0v) is 41.3. The number of aromatic nitrogens is 3. The van der Waals surface area contributed by atoms with Gasteiger partial charge < -0.3 is 9.55 Å². The summed E-state index contributed by atoms with van der Waals surface area (Å²) in [5.41, 5.74) is 14.0. The Hall–Kier alpha value is -4.45. The first-order chi connectivity index (χ1) is 28.5. The second-order valence-corrected chi connectivity index (χ2v) is 24.0. The van der Waals surface area contributed by atoms with Crippen molar-refractivity contribution in [2.24, 2.45) is 5.92 Å². The molecule has 0 fully saturated rings. The summed E-state index contributed by atoms with van der Waals surface area (Å²) in [4.78, 5) is 9.93. The summed E-state index contributed by atoms with van der Waals surface area (Å²) in [5, 5.41) is 6.21. The first-order valence-corrected chi connectivity index (χ1v) is 25.5. The van der Waals surface area contributed by atoms with Gasteiger partial charge in [0.15, 0.2) is 0 Å². The van der Waals surface area contributed by atoms with Crippen molar-refractivity contribution in [3.8, 4) is 39.5 Å². The number of hydrogen-bond donors (Lipinski definition) is 0. The van der Waals surface area contributed by atoms with Crippen molar-refractivity contribution >= 4 is 45.7 Å².